The maximum absolute atomic E-state index is 12.5. The van der Waals surface area contributed by atoms with Crippen molar-refractivity contribution in [2.45, 2.75) is 154 Å². The molecule has 3 atom stereocenters. The minimum Gasteiger partial charge on any atom is -0.391 e. The van der Waals surface area contributed by atoms with Crippen LogP contribution in [0, 0.1) is 0 Å². The Hall–Kier alpha value is -0.500. The lowest BCUT2D eigenvalue weighted by Gasteiger charge is -2.25. The Morgan fingerprint density at radius 1 is 0.784 bits per heavy atom. The number of nitrogens with two attached hydrogens (primary N) is 1. The number of aliphatic hydroxyl groups excluding tert-OH is 1. The minimum atomic E-state index is -4.29. The molecule has 8 nitrogen and oxygen atoms in total. The van der Waals surface area contributed by atoms with E-state index in [0.29, 0.717) is 12.8 Å². The lowest BCUT2D eigenvalue weighted by Crippen LogP contribution is -2.46. The molecule has 0 aromatic rings. The van der Waals surface area contributed by atoms with Crippen molar-refractivity contribution >= 4 is 13.7 Å². The zero-order valence-electron chi connectivity index (χ0n) is 24.0. The summed E-state index contributed by atoms with van der Waals surface area (Å²) in [5.74, 6) is -0.169. The van der Waals surface area contributed by atoms with Crippen LogP contribution in [0.3, 0.4) is 0 Å². The van der Waals surface area contributed by atoms with Gasteiger partial charge in [-0.15, -0.1) is 0 Å². The van der Waals surface area contributed by atoms with Crippen molar-refractivity contribution in [1.29, 1.82) is 0 Å². The second-order valence-electron chi connectivity index (χ2n) is 10.3. The van der Waals surface area contributed by atoms with Crippen LogP contribution in [-0.2, 0) is 18.4 Å². The first-order chi connectivity index (χ1) is 17.9. The predicted molar refractivity (Wildman–Crippen MR) is 152 cm³/mol. The molecule has 0 spiro atoms. The summed E-state index contributed by atoms with van der Waals surface area (Å²) in [7, 11) is -4.29. The predicted octanol–water partition coefficient (Wildman–Crippen LogP) is 6.77. The summed E-state index contributed by atoms with van der Waals surface area (Å²) in [6, 6.07) is -0.762. The van der Waals surface area contributed by atoms with Crippen LogP contribution < -0.4 is 11.1 Å². The first-order valence-electron chi connectivity index (χ1n) is 15.2. The van der Waals surface area contributed by atoms with Gasteiger partial charge in [0.05, 0.1) is 25.4 Å². The number of phosphoric ester groups is 1. The van der Waals surface area contributed by atoms with Gasteiger partial charge in [0.25, 0.3) is 0 Å². The molecule has 0 rings (SSSR count). The molecule has 0 fully saturated rings. The number of carbonyl (C=O) groups is 1. The van der Waals surface area contributed by atoms with Gasteiger partial charge in [-0.3, -0.25) is 13.8 Å². The summed E-state index contributed by atoms with van der Waals surface area (Å²) in [5.41, 5.74) is 5.32. The second kappa shape index (κ2) is 25.8. The van der Waals surface area contributed by atoms with Crippen LogP contribution in [0.4, 0.5) is 0 Å². The molecule has 0 radical (unpaired) electrons. The van der Waals surface area contributed by atoms with Gasteiger partial charge in [-0.1, -0.05) is 123 Å². The van der Waals surface area contributed by atoms with Gasteiger partial charge in [0.1, 0.15) is 0 Å². The Balaban J connectivity index is 4.39. The molecule has 5 N–H and O–H groups in total. The van der Waals surface area contributed by atoms with Gasteiger partial charge >= 0.3 is 7.82 Å². The molecule has 37 heavy (non-hydrogen) atoms. The molecule has 0 aromatic carbocycles. The summed E-state index contributed by atoms with van der Waals surface area (Å²) >= 11 is 0. The Kier molecular flexibility index (Phi) is 25.4. The highest BCUT2D eigenvalue weighted by Crippen LogP contribution is 2.43. The topological polar surface area (TPSA) is 131 Å². The van der Waals surface area contributed by atoms with Crippen molar-refractivity contribution in [3.05, 3.63) is 0 Å². The summed E-state index contributed by atoms with van der Waals surface area (Å²) in [5, 5.41) is 13.6. The summed E-state index contributed by atoms with van der Waals surface area (Å²) < 4.78 is 21.9. The van der Waals surface area contributed by atoms with E-state index in [1.54, 1.807) is 0 Å². The normalized spacial score (nSPS) is 14.8. The molecule has 9 heteroatoms. The molecule has 1 unspecified atom stereocenters. The first-order valence-corrected chi connectivity index (χ1v) is 16.6. The van der Waals surface area contributed by atoms with E-state index in [9.17, 15) is 19.4 Å². The molecule has 0 bridgehead atoms. The smallest absolute Gasteiger partial charge is 0.391 e. The van der Waals surface area contributed by atoms with Gasteiger partial charge in [0, 0.05) is 13.0 Å². The standard InChI is InChI=1S/C28H59N2O6P/c1-3-5-7-9-11-13-14-15-17-19-21-27(31)26(25-36-37(33,34)35-24-23-29)30-28(32)22-20-18-16-12-10-8-6-4-2/h26-27,31H,3-25,29H2,1-2H3,(H,30,32)(H,33,34)/t26-,27+/m0/s1. The fraction of sp³-hybridized carbons (Fsp3) is 0.964. The van der Waals surface area contributed by atoms with E-state index in [2.05, 4.69) is 19.2 Å². The summed E-state index contributed by atoms with van der Waals surface area (Å²) in [6.07, 6.45) is 21.1. The monoisotopic (exact) mass is 550 g/mol. The van der Waals surface area contributed by atoms with E-state index in [1.165, 1.54) is 77.0 Å². The van der Waals surface area contributed by atoms with E-state index in [0.717, 1.165) is 38.5 Å². The highest BCUT2D eigenvalue weighted by molar-refractivity contribution is 7.47. The minimum absolute atomic E-state index is 0.0913. The van der Waals surface area contributed by atoms with E-state index in [4.69, 9.17) is 14.8 Å². The van der Waals surface area contributed by atoms with E-state index < -0.39 is 20.0 Å². The number of carbonyl (C=O) groups excluding carboxylic acids is 1. The number of nitrogens with one attached hydrogen (secondary N) is 1. The molecule has 0 aliphatic heterocycles. The fourth-order valence-electron chi connectivity index (χ4n) is 4.37. The number of hydrogen-bond donors (Lipinski definition) is 4. The Labute approximate surface area is 227 Å². The number of amides is 1. The third-order valence-electron chi connectivity index (χ3n) is 6.71. The zero-order chi connectivity index (χ0) is 27.6. The van der Waals surface area contributed by atoms with E-state index >= 15 is 0 Å². The number of hydrogen-bond acceptors (Lipinski definition) is 6. The molecule has 1 amide bonds. The average molecular weight is 551 g/mol. The highest BCUT2D eigenvalue weighted by atomic mass is 31.2. The van der Waals surface area contributed by atoms with Gasteiger partial charge in [-0.25, -0.2) is 4.57 Å². The van der Waals surface area contributed by atoms with Crippen molar-refractivity contribution < 1.29 is 28.4 Å². The maximum Gasteiger partial charge on any atom is 0.472 e. The number of phosphoric acid groups is 1. The largest absolute Gasteiger partial charge is 0.472 e. The molecule has 0 heterocycles. The molecule has 0 aliphatic carbocycles. The van der Waals surface area contributed by atoms with Crippen molar-refractivity contribution in [2.24, 2.45) is 5.73 Å². The van der Waals surface area contributed by atoms with Gasteiger partial charge in [0.2, 0.25) is 5.91 Å². The fourth-order valence-corrected chi connectivity index (χ4v) is 5.13. The average Bonchev–Trinajstić information content (AvgIpc) is 2.87. The van der Waals surface area contributed by atoms with Crippen LogP contribution in [0.1, 0.15) is 142 Å². The van der Waals surface area contributed by atoms with Crippen LogP contribution in [0.25, 0.3) is 0 Å². The van der Waals surface area contributed by atoms with Crippen LogP contribution in [-0.4, -0.2) is 47.8 Å². The number of unbranched alkanes of at least 4 members (excludes halogenated alkanes) is 16. The molecule has 0 aliphatic rings. The molecular formula is C28H59N2O6P. The van der Waals surface area contributed by atoms with Crippen molar-refractivity contribution in [2.75, 3.05) is 19.8 Å². The second-order valence-corrected chi connectivity index (χ2v) is 11.8. The quantitative estimate of drug-likeness (QED) is 0.0625. The Morgan fingerprint density at radius 2 is 1.24 bits per heavy atom. The highest BCUT2D eigenvalue weighted by Gasteiger charge is 2.27. The third kappa shape index (κ3) is 24.3. The van der Waals surface area contributed by atoms with Crippen molar-refractivity contribution in [1.82, 2.24) is 5.32 Å². The van der Waals surface area contributed by atoms with Crippen LogP contribution in [0.15, 0.2) is 0 Å². The SMILES string of the molecule is CCCCCCCCCCCC[C@@H](O)[C@H](COP(=O)(O)OCCN)NC(=O)CCCCCCCCCC. The van der Waals surface area contributed by atoms with Gasteiger partial charge < -0.3 is 21.1 Å². The molecule has 0 aromatic heterocycles. The van der Waals surface area contributed by atoms with Crippen LogP contribution in [0.2, 0.25) is 0 Å². The summed E-state index contributed by atoms with van der Waals surface area (Å²) in [4.78, 5) is 22.3. The third-order valence-corrected chi connectivity index (χ3v) is 7.70. The van der Waals surface area contributed by atoms with Crippen LogP contribution in [0.5, 0.6) is 0 Å². The number of rotatable bonds is 28. The van der Waals surface area contributed by atoms with Gasteiger partial charge in [0.15, 0.2) is 0 Å². The maximum atomic E-state index is 12.5. The zero-order valence-corrected chi connectivity index (χ0v) is 24.9. The molecular weight excluding hydrogens is 491 g/mol. The van der Waals surface area contributed by atoms with E-state index in [-0.39, 0.29) is 25.7 Å². The first kappa shape index (κ1) is 36.5. The Bertz CT molecular complexity index is 567. The number of aliphatic hydroxyl groups is 1. The summed E-state index contributed by atoms with van der Waals surface area (Å²) in [6.45, 7) is 4.13. The lowest BCUT2D eigenvalue weighted by molar-refractivity contribution is -0.123. The molecule has 0 saturated carbocycles. The van der Waals surface area contributed by atoms with Crippen LogP contribution >= 0.6 is 7.82 Å². The van der Waals surface area contributed by atoms with Crippen molar-refractivity contribution in [3.63, 3.8) is 0 Å². The van der Waals surface area contributed by atoms with Crippen molar-refractivity contribution in [3.8, 4) is 0 Å². The molecule has 222 valence electrons. The lowest BCUT2D eigenvalue weighted by atomic mass is 10.0. The van der Waals surface area contributed by atoms with Gasteiger partial charge in [-0.05, 0) is 12.8 Å². The Morgan fingerprint density at radius 3 is 1.73 bits per heavy atom. The molecule has 0 saturated heterocycles. The van der Waals surface area contributed by atoms with Gasteiger partial charge in [-0.2, -0.15) is 0 Å². The van der Waals surface area contributed by atoms with E-state index in [1.807, 2.05) is 0 Å².